The summed E-state index contributed by atoms with van der Waals surface area (Å²) < 4.78 is 10.3. The predicted molar refractivity (Wildman–Crippen MR) is 107 cm³/mol. The fourth-order valence-electron chi connectivity index (χ4n) is 3.48. The lowest BCUT2D eigenvalue weighted by Gasteiger charge is -2.33. The summed E-state index contributed by atoms with van der Waals surface area (Å²) in [4.78, 5) is 44.4. The van der Waals surface area contributed by atoms with E-state index in [4.69, 9.17) is 9.47 Å². The second kappa shape index (κ2) is 8.89. The van der Waals surface area contributed by atoms with Crippen molar-refractivity contribution in [2.45, 2.75) is 20.8 Å². The molecule has 1 fully saturated rings. The van der Waals surface area contributed by atoms with Crippen molar-refractivity contribution >= 4 is 28.9 Å². The van der Waals surface area contributed by atoms with Gasteiger partial charge in [-0.2, -0.15) is 0 Å². The number of aryl methyl sites for hydroxylation is 2. The van der Waals surface area contributed by atoms with Crippen molar-refractivity contribution in [1.29, 1.82) is 0 Å². The number of aromatic nitrogens is 1. The third kappa shape index (κ3) is 4.47. The average Bonchev–Trinajstić information content (AvgIpc) is 2.72. The molecule has 2 heterocycles. The lowest BCUT2D eigenvalue weighted by molar-refractivity contribution is -0.136. The van der Waals surface area contributed by atoms with Crippen LogP contribution in [0, 0.1) is 13.8 Å². The van der Waals surface area contributed by atoms with Gasteiger partial charge in [0.25, 0.3) is 5.91 Å². The van der Waals surface area contributed by atoms with Gasteiger partial charge in [-0.05, 0) is 32.4 Å². The van der Waals surface area contributed by atoms with Crippen LogP contribution < -0.4 is 0 Å². The normalized spacial score (nSPS) is 14.0. The van der Waals surface area contributed by atoms with Crippen LogP contribution in [-0.4, -0.2) is 72.1 Å². The third-order valence-corrected chi connectivity index (χ3v) is 5.02. The molecular formula is C21H25N3O5. The molecule has 0 N–H and O–H groups in total. The van der Waals surface area contributed by atoms with Gasteiger partial charge in [-0.25, -0.2) is 9.59 Å². The minimum atomic E-state index is -0.559. The number of rotatable bonds is 4. The smallest absolute Gasteiger partial charge is 0.409 e. The minimum Gasteiger partial charge on any atom is -0.452 e. The largest absolute Gasteiger partial charge is 0.452 e. The number of nitrogens with zero attached hydrogens (tertiary/aromatic N) is 3. The first-order chi connectivity index (χ1) is 13.9. The van der Waals surface area contributed by atoms with Crippen LogP contribution in [0.1, 0.15) is 28.5 Å². The Labute approximate surface area is 169 Å². The highest BCUT2D eigenvalue weighted by molar-refractivity contribution is 5.99. The maximum absolute atomic E-state index is 12.6. The van der Waals surface area contributed by atoms with Crippen LogP contribution in [0.25, 0.3) is 10.9 Å². The summed E-state index contributed by atoms with van der Waals surface area (Å²) in [5, 5.41) is 0.881. The third-order valence-electron chi connectivity index (χ3n) is 5.02. The molecule has 2 amide bonds. The quantitative estimate of drug-likeness (QED) is 0.733. The number of carbonyl (C=O) groups excluding carboxylic acids is 3. The summed E-state index contributed by atoms with van der Waals surface area (Å²) in [5.41, 5.74) is 2.56. The Kier molecular flexibility index (Phi) is 6.31. The van der Waals surface area contributed by atoms with Crippen molar-refractivity contribution in [2.24, 2.45) is 0 Å². The van der Waals surface area contributed by atoms with Gasteiger partial charge < -0.3 is 19.3 Å². The van der Waals surface area contributed by atoms with E-state index in [9.17, 15) is 14.4 Å². The Morgan fingerprint density at radius 3 is 2.34 bits per heavy atom. The minimum absolute atomic E-state index is 0.286. The van der Waals surface area contributed by atoms with Crippen LogP contribution in [0.4, 0.5) is 4.79 Å². The summed E-state index contributed by atoms with van der Waals surface area (Å²) in [5.74, 6) is -0.845. The number of piperazine rings is 1. The Bertz CT molecular complexity index is 935. The van der Waals surface area contributed by atoms with Gasteiger partial charge in [-0.1, -0.05) is 18.2 Å². The number of carbonyl (C=O) groups is 3. The molecule has 0 atom stereocenters. The van der Waals surface area contributed by atoms with Crippen LogP contribution >= 0.6 is 0 Å². The van der Waals surface area contributed by atoms with Gasteiger partial charge in [0.15, 0.2) is 6.61 Å². The van der Waals surface area contributed by atoms with E-state index < -0.39 is 5.97 Å². The molecule has 0 saturated carbocycles. The van der Waals surface area contributed by atoms with Crippen molar-refractivity contribution in [1.82, 2.24) is 14.8 Å². The summed E-state index contributed by atoms with van der Waals surface area (Å²) in [6, 6.07) is 7.58. The maximum Gasteiger partial charge on any atom is 0.409 e. The summed E-state index contributed by atoms with van der Waals surface area (Å²) >= 11 is 0. The lowest BCUT2D eigenvalue weighted by Crippen LogP contribution is -2.51. The fourth-order valence-corrected chi connectivity index (χ4v) is 3.48. The zero-order valence-corrected chi connectivity index (χ0v) is 16.9. The topological polar surface area (TPSA) is 89.0 Å². The van der Waals surface area contributed by atoms with Crippen molar-refractivity contribution in [3.63, 3.8) is 0 Å². The second-order valence-corrected chi connectivity index (χ2v) is 6.86. The Morgan fingerprint density at radius 2 is 1.66 bits per heavy atom. The van der Waals surface area contributed by atoms with Crippen molar-refractivity contribution in [3.05, 3.63) is 41.1 Å². The highest BCUT2D eigenvalue weighted by Gasteiger charge is 2.26. The molecule has 8 nitrogen and oxygen atoms in total. The number of hydrogen-bond acceptors (Lipinski definition) is 6. The van der Waals surface area contributed by atoms with Crippen molar-refractivity contribution in [2.75, 3.05) is 39.4 Å². The predicted octanol–water partition coefficient (Wildman–Crippen LogP) is 2.31. The Morgan fingerprint density at radius 1 is 1.00 bits per heavy atom. The van der Waals surface area contributed by atoms with E-state index in [2.05, 4.69) is 4.98 Å². The fraction of sp³-hybridized carbons (Fsp3) is 0.429. The molecule has 1 aromatic heterocycles. The molecule has 0 unspecified atom stereocenters. The van der Waals surface area contributed by atoms with Gasteiger partial charge in [-0.15, -0.1) is 0 Å². The van der Waals surface area contributed by atoms with E-state index in [-0.39, 0.29) is 18.6 Å². The first kappa shape index (κ1) is 20.6. The van der Waals surface area contributed by atoms with Crippen molar-refractivity contribution < 1.29 is 23.9 Å². The number of benzene rings is 1. The van der Waals surface area contributed by atoms with Crippen LogP contribution in [0.3, 0.4) is 0 Å². The number of para-hydroxylation sites is 1. The zero-order chi connectivity index (χ0) is 21.0. The molecule has 0 radical (unpaired) electrons. The number of fused-ring (bicyclic) bond motifs is 1. The van der Waals surface area contributed by atoms with Gasteiger partial charge in [0.2, 0.25) is 0 Å². The number of esters is 1. The monoisotopic (exact) mass is 399 g/mol. The molecule has 1 saturated heterocycles. The SMILES string of the molecule is CCOC(=O)N1CCN(C(=O)COC(=O)c2c(C)nc3ccccc3c2C)CC1. The molecular weight excluding hydrogens is 374 g/mol. The first-order valence-corrected chi connectivity index (χ1v) is 9.65. The van der Waals surface area contributed by atoms with Gasteiger partial charge >= 0.3 is 12.1 Å². The highest BCUT2D eigenvalue weighted by Crippen LogP contribution is 2.23. The highest BCUT2D eigenvalue weighted by atomic mass is 16.6. The number of ether oxygens (including phenoxy) is 2. The van der Waals surface area contributed by atoms with Crippen LogP contribution in [-0.2, 0) is 14.3 Å². The number of pyridine rings is 1. The van der Waals surface area contributed by atoms with E-state index >= 15 is 0 Å². The second-order valence-electron chi connectivity index (χ2n) is 6.86. The molecule has 0 spiro atoms. The Hall–Kier alpha value is -3.16. The van der Waals surface area contributed by atoms with Crippen LogP contribution in [0.2, 0.25) is 0 Å². The summed E-state index contributed by atoms with van der Waals surface area (Å²) in [6.45, 7) is 6.88. The molecule has 2 aromatic rings. The van der Waals surface area contributed by atoms with Gasteiger partial charge in [0, 0.05) is 31.6 Å². The average molecular weight is 399 g/mol. The zero-order valence-electron chi connectivity index (χ0n) is 16.9. The summed E-state index contributed by atoms with van der Waals surface area (Å²) in [6.07, 6.45) is -0.374. The first-order valence-electron chi connectivity index (χ1n) is 9.65. The van der Waals surface area contributed by atoms with E-state index in [1.54, 1.807) is 23.6 Å². The lowest BCUT2D eigenvalue weighted by atomic mass is 10.0. The molecule has 0 bridgehead atoms. The maximum atomic E-state index is 12.6. The van der Waals surface area contributed by atoms with E-state index in [0.29, 0.717) is 44.0 Å². The molecule has 1 aliphatic rings. The molecule has 0 aliphatic carbocycles. The van der Waals surface area contributed by atoms with Gasteiger partial charge in [0.1, 0.15) is 0 Å². The standard InChI is InChI=1S/C21H25N3O5/c1-4-28-21(27)24-11-9-23(10-12-24)18(25)13-29-20(26)19-14(2)16-7-5-6-8-17(16)22-15(19)3/h5-8H,4,9-13H2,1-3H3. The van der Waals surface area contributed by atoms with E-state index in [1.807, 2.05) is 31.2 Å². The van der Waals surface area contributed by atoms with Crippen LogP contribution in [0.5, 0.6) is 0 Å². The summed E-state index contributed by atoms with van der Waals surface area (Å²) in [7, 11) is 0. The van der Waals surface area contributed by atoms with E-state index in [1.165, 1.54) is 0 Å². The molecule has 1 aliphatic heterocycles. The number of amides is 2. The number of hydrogen-bond donors (Lipinski definition) is 0. The van der Waals surface area contributed by atoms with Crippen molar-refractivity contribution in [3.8, 4) is 0 Å². The van der Waals surface area contributed by atoms with Gasteiger partial charge in [-0.3, -0.25) is 9.78 Å². The van der Waals surface area contributed by atoms with Crippen LogP contribution in [0.15, 0.2) is 24.3 Å². The molecule has 1 aromatic carbocycles. The molecule has 8 heteroatoms. The van der Waals surface area contributed by atoms with E-state index in [0.717, 1.165) is 16.5 Å². The Balaban J connectivity index is 1.59. The molecule has 3 rings (SSSR count). The van der Waals surface area contributed by atoms with Gasteiger partial charge in [0.05, 0.1) is 23.4 Å². The molecule has 154 valence electrons. The molecule has 29 heavy (non-hydrogen) atoms.